The first kappa shape index (κ1) is 17.8. The Morgan fingerprint density at radius 2 is 1.87 bits per heavy atom. The van der Waals surface area contributed by atoms with Gasteiger partial charge in [-0.3, -0.25) is 4.79 Å². The Balaban J connectivity index is 1.82. The molecule has 0 aromatic heterocycles. The molecule has 1 heterocycles. The minimum Gasteiger partial charge on any atom is -0.508 e. The van der Waals surface area contributed by atoms with Gasteiger partial charge in [0.05, 0.1) is 6.04 Å². The molecule has 1 aliphatic heterocycles. The number of aromatic hydroxyl groups is 1. The fourth-order valence-corrected chi connectivity index (χ4v) is 3.32. The quantitative estimate of drug-likeness (QED) is 0.844. The number of carbonyl (C=O) groups is 1. The first-order valence-electron chi connectivity index (χ1n) is 8.82. The van der Waals surface area contributed by atoms with Gasteiger partial charge in [-0.2, -0.15) is 0 Å². The van der Waals surface area contributed by atoms with E-state index in [4.69, 9.17) is 0 Å². The molecule has 0 spiro atoms. The minimum atomic E-state index is 0.0267. The van der Waals surface area contributed by atoms with Crippen LogP contribution in [0.25, 0.3) is 0 Å². The molecule has 4 nitrogen and oxygen atoms in total. The van der Waals surface area contributed by atoms with E-state index in [1.807, 2.05) is 12.1 Å². The number of benzene rings is 1. The maximum atomic E-state index is 12.4. The Morgan fingerprint density at radius 1 is 1.26 bits per heavy atom. The van der Waals surface area contributed by atoms with Gasteiger partial charge in [0.15, 0.2) is 0 Å². The molecule has 4 heteroatoms. The topological polar surface area (TPSA) is 52.6 Å². The molecule has 1 amide bonds. The zero-order valence-corrected chi connectivity index (χ0v) is 14.6. The van der Waals surface area contributed by atoms with Crippen molar-refractivity contribution in [3.05, 3.63) is 29.8 Å². The largest absolute Gasteiger partial charge is 0.508 e. The Hall–Kier alpha value is -1.55. The highest BCUT2D eigenvalue weighted by Crippen LogP contribution is 2.23. The number of phenolic OH excluding ortho intramolecular Hbond substituents is 1. The molecule has 0 radical (unpaired) electrons. The Morgan fingerprint density at radius 3 is 2.39 bits per heavy atom. The maximum Gasteiger partial charge on any atom is 0.220 e. The molecule has 23 heavy (non-hydrogen) atoms. The smallest absolute Gasteiger partial charge is 0.220 e. The van der Waals surface area contributed by atoms with Gasteiger partial charge in [0.25, 0.3) is 0 Å². The van der Waals surface area contributed by atoms with Crippen LogP contribution < -0.4 is 5.32 Å². The third-order valence-electron chi connectivity index (χ3n) is 4.89. The second-order valence-corrected chi connectivity index (χ2v) is 6.90. The van der Waals surface area contributed by atoms with Gasteiger partial charge in [-0.15, -0.1) is 0 Å². The van der Waals surface area contributed by atoms with Crippen molar-refractivity contribution in [1.29, 1.82) is 0 Å². The lowest BCUT2D eigenvalue weighted by atomic mass is 9.92. The Labute approximate surface area is 139 Å². The molecule has 2 rings (SSSR count). The van der Waals surface area contributed by atoms with Crippen LogP contribution in [0.2, 0.25) is 0 Å². The number of rotatable bonds is 6. The van der Waals surface area contributed by atoms with Gasteiger partial charge < -0.3 is 15.3 Å². The van der Waals surface area contributed by atoms with E-state index in [0.717, 1.165) is 37.9 Å². The number of carbonyl (C=O) groups excluding carboxylic acids is 1. The van der Waals surface area contributed by atoms with Crippen molar-refractivity contribution in [1.82, 2.24) is 10.2 Å². The molecule has 0 saturated carbocycles. The number of likely N-dealkylation sites (tertiary alicyclic amines) is 1. The number of nitrogens with zero attached hydrogens (tertiary/aromatic N) is 1. The summed E-state index contributed by atoms with van der Waals surface area (Å²) in [6.45, 7) is 8.74. The summed E-state index contributed by atoms with van der Waals surface area (Å²) in [5.74, 6) is 0.905. The summed E-state index contributed by atoms with van der Waals surface area (Å²) < 4.78 is 0. The number of hydrogen-bond donors (Lipinski definition) is 2. The average Bonchev–Trinajstić information content (AvgIpc) is 2.54. The predicted octanol–water partition coefficient (Wildman–Crippen LogP) is 3.47. The van der Waals surface area contributed by atoms with Gasteiger partial charge in [-0.1, -0.05) is 19.1 Å². The van der Waals surface area contributed by atoms with Crippen LogP contribution in [-0.2, 0) is 4.79 Å². The van der Waals surface area contributed by atoms with Crippen LogP contribution in [0.1, 0.15) is 58.1 Å². The SMILES string of the molecule is CCC(NC(=O)CC1CCN(C(C)C)CC1)c1ccc(O)cc1. The molecular formula is C19H30N2O2. The molecule has 1 atom stereocenters. The summed E-state index contributed by atoms with van der Waals surface area (Å²) in [7, 11) is 0. The predicted molar refractivity (Wildman–Crippen MR) is 93.3 cm³/mol. The van der Waals surface area contributed by atoms with E-state index in [-0.39, 0.29) is 17.7 Å². The summed E-state index contributed by atoms with van der Waals surface area (Å²) in [6.07, 6.45) is 3.70. The molecule has 1 fully saturated rings. The number of piperidine rings is 1. The van der Waals surface area contributed by atoms with Crippen molar-refractivity contribution < 1.29 is 9.90 Å². The highest BCUT2D eigenvalue weighted by atomic mass is 16.3. The van der Waals surface area contributed by atoms with E-state index in [1.165, 1.54) is 0 Å². The van der Waals surface area contributed by atoms with Crippen LogP contribution in [0.15, 0.2) is 24.3 Å². The lowest BCUT2D eigenvalue weighted by Gasteiger charge is -2.34. The first-order valence-corrected chi connectivity index (χ1v) is 8.82. The van der Waals surface area contributed by atoms with Crippen LogP contribution in [-0.4, -0.2) is 35.0 Å². The average molecular weight is 318 g/mol. The third kappa shape index (κ3) is 5.24. The summed E-state index contributed by atoms with van der Waals surface area (Å²) >= 11 is 0. The van der Waals surface area contributed by atoms with Gasteiger partial charge in [-0.05, 0) is 69.8 Å². The maximum absolute atomic E-state index is 12.4. The molecule has 1 saturated heterocycles. The van der Waals surface area contributed by atoms with E-state index >= 15 is 0 Å². The van der Waals surface area contributed by atoms with Gasteiger partial charge in [-0.25, -0.2) is 0 Å². The lowest BCUT2D eigenvalue weighted by molar-refractivity contribution is -0.123. The van der Waals surface area contributed by atoms with Crippen LogP contribution in [0.5, 0.6) is 5.75 Å². The van der Waals surface area contributed by atoms with Crippen LogP contribution in [0.3, 0.4) is 0 Å². The highest BCUT2D eigenvalue weighted by Gasteiger charge is 2.23. The third-order valence-corrected chi connectivity index (χ3v) is 4.89. The standard InChI is InChI=1S/C19H30N2O2/c1-4-18(16-5-7-17(22)8-6-16)20-19(23)13-15-9-11-21(12-10-15)14(2)3/h5-8,14-15,18,22H,4,9-13H2,1-3H3,(H,20,23). The van der Waals surface area contributed by atoms with Gasteiger partial charge in [0.1, 0.15) is 5.75 Å². The number of amides is 1. The lowest BCUT2D eigenvalue weighted by Crippen LogP contribution is -2.40. The monoisotopic (exact) mass is 318 g/mol. The molecular weight excluding hydrogens is 288 g/mol. The summed E-state index contributed by atoms with van der Waals surface area (Å²) in [4.78, 5) is 14.8. The van der Waals surface area contributed by atoms with Gasteiger partial charge in [0.2, 0.25) is 5.91 Å². The van der Waals surface area contributed by atoms with Crippen LogP contribution in [0, 0.1) is 5.92 Å². The van der Waals surface area contributed by atoms with Crippen molar-refractivity contribution >= 4 is 5.91 Å². The van der Waals surface area contributed by atoms with Crippen molar-refractivity contribution in [2.45, 2.75) is 58.5 Å². The van der Waals surface area contributed by atoms with Crippen molar-refractivity contribution in [2.24, 2.45) is 5.92 Å². The van der Waals surface area contributed by atoms with Crippen molar-refractivity contribution in [3.63, 3.8) is 0 Å². The van der Waals surface area contributed by atoms with E-state index < -0.39 is 0 Å². The second-order valence-electron chi connectivity index (χ2n) is 6.90. The first-order chi connectivity index (χ1) is 11.0. The second kappa shape index (κ2) is 8.34. The Kier molecular flexibility index (Phi) is 6.46. The fourth-order valence-electron chi connectivity index (χ4n) is 3.32. The zero-order valence-electron chi connectivity index (χ0n) is 14.6. The van der Waals surface area contributed by atoms with Crippen LogP contribution >= 0.6 is 0 Å². The summed E-state index contributed by atoms with van der Waals surface area (Å²) in [5.41, 5.74) is 1.05. The Bertz CT molecular complexity index is 491. The van der Waals surface area contributed by atoms with E-state index in [9.17, 15) is 9.90 Å². The van der Waals surface area contributed by atoms with Crippen molar-refractivity contribution in [2.75, 3.05) is 13.1 Å². The fraction of sp³-hybridized carbons (Fsp3) is 0.632. The van der Waals surface area contributed by atoms with E-state index in [0.29, 0.717) is 18.4 Å². The molecule has 1 aromatic rings. The summed E-state index contributed by atoms with van der Waals surface area (Å²) in [6, 6.07) is 7.73. The minimum absolute atomic E-state index is 0.0267. The molecule has 0 bridgehead atoms. The molecule has 2 N–H and O–H groups in total. The zero-order chi connectivity index (χ0) is 16.8. The summed E-state index contributed by atoms with van der Waals surface area (Å²) in [5, 5.41) is 12.5. The van der Waals surface area contributed by atoms with E-state index in [2.05, 4.69) is 31.0 Å². The molecule has 1 aromatic carbocycles. The number of hydrogen-bond acceptors (Lipinski definition) is 3. The van der Waals surface area contributed by atoms with Gasteiger partial charge >= 0.3 is 0 Å². The molecule has 1 aliphatic rings. The van der Waals surface area contributed by atoms with Gasteiger partial charge in [0, 0.05) is 12.5 Å². The highest BCUT2D eigenvalue weighted by molar-refractivity contribution is 5.76. The number of nitrogens with one attached hydrogen (secondary N) is 1. The van der Waals surface area contributed by atoms with Crippen LogP contribution in [0.4, 0.5) is 0 Å². The molecule has 128 valence electrons. The molecule has 0 aliphatic carbocycles. The van der Waals surface area contributed by atoms with E-state index in [1.54, 1.807) is 12.1 Å². The molecule has 1 unspecified atom stereocenters. The van der Waals surface area contributed by atoms with Crippen molar-refractivity contribution in [3.8, 4) is 5.75 Å². The normalized spacial score (nSPS) is 18.1. The number of phenols is 1.